The van der Waals surface area contributed by atoms with Gasteiger partial charge in [0.05, 0.1) is 5.69 Å². The maximum absolute atomic E-state index is 13.3. The molecule has 0 radical (unpaired) electrons. The summed E-state index contributed by atoms with van der Waals surface area (Å²) in [7, 11) is 0. The van der Waals surface area contributed by atoms with Crippen molar-refractivity contribution >= 4 is 16.9 Å². The van der Waals surface area contributed by atoms with Crippen molar-refractivity contribution in [1.29, 1.82) is 0 Å². The first-order valence-corrected chi connectivity index (χ1v) is 9.83. The normalized spacial score (nSPS) is 18.2. The van der Waals surface area contributed by atoms with Gasteiger partial charge in [0, 0.05) is 42.6 Å². The predicted molar refractivity (Wildman–Crippen MR) is 104 cm³/mol. The average molecular weight is 379 g/mol. The molecule has 0 spiro atoms. The standard InChI is InChI=1S/C22H22FN3O2/c23-17-5-6-19-20(13-17)28-24-21(19)15-7-9-25(10-8-15)11-12-26-14-16-3-1-2-4-18(16)22(26)27/h1-6,13,15H,7-12,14H2. The van der Waals surface area contributed by atoms with Crippen LogP contribution in [0.3, 0.4) is 0 Å². The summed E-state index contributed by atoms with van der Waals surface area (Å²) in [6.45, 7) is 4.29. The first-order chi connectivity index (χ1) is 13.7. The number of aromatic nitrogens is 1. The number of amides is 1. The lowest BCUT2D eigenvalue weighted by molar-refractivity contribution is 0.0750. The second-order valence-corrected chi connectivity index (χ2v) is 7.71. The molecule has 5 rings (SSSR count). The Balaban J connectivity index is 1.17. The van der Waals surface area contributed by atoms with Crippen molar-refractivity contribution in [2.75, 3.05) is 26.2 Å². The Labute approximate surface area is 162 Å². The van der Waals surface area contributed by atoms with E-state index in [1.807, 2.05) is 29.2 Å². The van der Waals surface area contributed by atoms with Crippen molar-refractivity contribution in [3.8, 4) is 0 Å². The summed E-state index contributed by atoms with van der Waals surface area (Å²) < 4.78 is 18.7. The number of rotatable bonds is 4. The monoisotopic (exact) mass is 379 g/mol. The van der Waals surface area contributed by atoms with Gasteiger partial charge in [-0.3, -0.25) is 4.79 Å². The highest BCUT2D eigenvalue weighted by Crippen LogP contribution is 2.32. The minimum Gasteiger partial charge on any atom is -0.356 e. The Hall–Kier alpha value is -2.73. The molecule has 2 aliphatic heterocycles. The molecule has 1 saturated heterocycles. The Morgan fingerprint density at radius 3 is 2.75 bits per heavy atom. The maximum Gasteiger partial charge on any atom is 0.254 e. The van der Waals surface area contributed by atoms with E-state index in [0.717, 1.165) is 61.2 Å². The van der Waals surface area contributed by atoms with E-state index >= 15 is 0 Å². The highest BCUT2D eigenvalue weighted by molar-refractivity contribution is 5.98. The molecule has 2 aliphatic rings. The van der Waals surface area contributed by atoms with Crippen molar-refractivity contribution in [2.24, 2.45) is 0 Å². The molecule has 3 heterocycles. The van der Waals surface area contributed by atoms with Crippen molar-refractivity contribution in [2.45, 2.75) is 25.3 Å². The molecule has 0 unspecified atom stereocenters. The summed E-state index contributed by atoms with van der Waals surface area (Å²) >= 11 is 0. The number of benzene rings is 2. The van der Waals surface area contributed by atoms with Gasteiger partial charge in [0.1, 0.15) is 5.82 Å². The number of halogens is 1. The van der Waals surface area contributed by atoms with E-state index in [2.05, 4.69) is 10.1 Å². The summed E-state index contributed by atoms with van der Waals surface area (Å²) in [5.41, 5.74) is 3.43. The van der Waals surface area contributed by atoms with Gasteiger partial charge in [-0.1, -0.05) is 23.4 Å². The quantitative estimate of drug-likeness (QED) is 0.692. The van der Waals surface area contributed by atoms with E-state index in [1.165, 1.54) is 12.1 Å². The topological polar surface area (TPSA) is 49.6 Å². The van der Waals surface area contributed by atoms with Gasteiger partial charge in [0.15, 0.2) is 5.58 Å². The minimum atomic E-state index is -0.302. The lowest BCUT2D eigenvalue weighted by atomic mass is 9.91. The van der Waals surface area contributed by atoms with Crippen molar-refractivity contribution < 1.29 is 13.7 Å². The number of carbonyl (C=O) groups excluding carboxylic acids is 1. The zero-order chi connectivity index (χ0) is 19.1. The fourth-order valence-electron chi connectivity index (χ4n) is 4.41. The van der Waals surface area contributed by atoms with Gasteiger partial charge in [-0.15, -0.1) is 0 Å². The lowest BCUT2D eigenvalue weighted by Gasteiger charge is -2.32. The molecule has 0 N–H and O–H groups in total. The Bertz CT molecular complexity index is 1020. The van der Waals surface area contributed by atoms with Gasteiger partial charge < -0.3 is 14.3 Å². The first-order valence-electron chi connectivity index (χ1n) is 9.83. The Kier molecular flexibility index (Phi) is 4.36. The van der Waals surface area contributed by atoms with Crippen molar-refractivity contribution in [3.05, 3.63) is 65.1 Å². The third-order valence-electron chi connectivity index (χ3n) is 6.02. The van der Waals surface area contributed by atoms with Crippen molar-refractivity contribution in [3.63, 3.8) is 0 Å². The lowest BCUT2D eigenvalue weighted by Crippen LogP contribution is -2.39. The smallest absolute Gasteiger partial charge is 0.254 e. The van der Waals surface area contributed by atoms with E-state index in [4.69, 9.17) is 4.52 Å². The van der Waals surface area contributed by atoms with Crippen LogP contribution in [0.5, 0.6) is 0 Å². The van der Waals surface area contributed by atoms with Gasteiger partial charge in [-0.25, -0.2) is 4.39 Å². The third-order valence-corrected chi connectivity index (χ3v) is 6.02. The zero-order valence-corrected chi connectivity index (χ0v) is 15.6. The Morgan fingerprint density at radius 2 is 1.93 bits per heavy atom. The molecular formula is C22H22FN3O2. The van der Waals surface area contributed by atoms with Gasteiger partial charge in [0.25, 0.3) is 5.91 Å². The van der Waals surface area contributed by atoms with Crippen molar-refractivity contribution in [1.82, 2.24) is 15.0 Å². The number of nitrogens with zero attached hydrogens (tertiary/aromatic N) is 3. The number of hydrogen-bond acceptors (Lipinski definition) is 4. The predicted octanol–water partition coefficient (Wildman–Crippen LogP) is 3.80. The SMILES string of the molecule is O=C1c2ccccc2CN1CCN1CCC(c2noc3cc(F)ccc23)CC1. The third kappa shape index (κ3) is 3.07. The van der Waals surface area contributed by atoms with Gasteiger partial charge in [-0.2, -0.15) is 0 Å². The number of hydrogen-bond donors (Lipinski definition) is 0. The van der Waals surface area contributed by atoms with E-state index in [0.29, 0.717) is 18.0 Å². The van der Waals surface area contributed by atoms with Crippen LogP contribution in [0.15, 0.2) is 47.0 Å². The molecule has 144 valence electrons. The largest absolute Gasteiger partial charge is 0.356 e. The molecular weight excluding hydrogens is 357 g/mol. The van der Waals surface area contributed by atoms with Gasteiger partial charge in [0.2, 0.25) is 0 Å². The second-order valence-electron chi connectivity index (χ2n) is 7.71. The molecule has 0 aliphatic carbocycles. The molecule has 1 fully saturated rings. The van der Waals surface area contributed by atoms with Crippen LogP contribution in [-0.2, 0) is 6.54 Å². The summed E-state index contributed by atoms with van der Waals surface area (Å²) in [4.78, 5) is 16.8. The van der Waals surface area contributed by atoms with Crippen LogP contribution in [0.1, 0.15) is 40.4 Å². The van der Waals surface area contributed by atoms with E-state index < -0.39 is 0 Å². The zero-order valence-electron chi connectivity index (χ0n) is 15.6. The molecule has 6 heteroatoms. The van der Waals surface area contributed by atoms with E-state index in [-0.39, 0.29) is 11.7 Å². The highest BCUT2D eigenvalue weighted by atomic mass is 19.1. The molecule has 1 amide bonds. The number of fused-ring (bicyclic) bond motifs is 2. The van der Waals surface area contributed by atoms with Gasteiger partial charge in [-0.05, 0) is 49.7 Å². The van der Waals surface area contributed by atoms with Crippen LogP contribution in [0, 0.1) is 5.82 Å². The number of likely N-dealkylation sites (tertiary alicyclic amines) is 1. The maximum atomic E-state index is 13.3. The fourth-order valence-corrected chi connectivity index (χ4v) is 4.41. The number of carbonyl (C=O) groups is 1. The van der Waals surface area contributed by atoms with Crippen LogP contribution in [0.2, 0.25) is 0 Å². The second kappa shape index (κ2) is 7.02. The fraction of sp³-hybridized carbons (Fsp3) is 0.364. The number of piperidine rings is 1. The van der Waals surface area contributed by atoms with Gasteiger partial charge >= 0.3 is 0 Å². The first kappa shape index (κ1) is 17.4. The van der Waals surface area contributed by atoms with Crippen LogP contribution in [-0.4, -0.2) is 47.0 Å². The minimum absolute atomic E-state index is 0.145. The molecule has 0 saturated carbocycles. The molecule has 5 nitrogen and oxygen atoms in total. The Morgan fingerprint density at radius 1 is 1.11 bits per heavy atom. The molecule has 0 bridgehead atoms. The molecule has 0 atom stereocenters. The summed E-state index contributed by atoms with van der Waals surface area (Å²) in [6, 6.07) is 12.5. The molecule has 28 heavy (non-hydrogen) atoms. The summed E-state index contributed by atoms with van der Waals surface area (Å²) in [5, 5.41) is 5.13. The average Bonchev–Trinajstić information content (AvgIpc) is 3.28. The summed E-state index contributed by atoms with van der Waals surface area (Å²) in [6.07, 6.45) is 1.99. The molecule has 2 aromatic carbocycles. The molecule has 1 aromatic heterocycles. The van der Waals surface area contributed by atoms with E-state index in [1.54, 1.807) is 6.07 Å². The van der Waals surface area contributed by atoms with Crippen LogP contribution in [0.4, 0.5) is 4.39 Å². The van der Waals surface area contributed by atoms with Crippen LogP contribution < -0.4 is 0 Å². The van der Waals surface area contributed by atoms with Crippen LogP contribution >= 0.6 is 0 Å². The van der Waals surface area contributed by atoms with E-state index in [9.17, 15) is 9.18 Å². The highest BCUT2D eigenvalue weighted by Gasteiger charge is 2.28. The van der Waals surface area contributed by atoms with Crippen LogP contribution in [0.25, 0.3) is 11.0 Å². The molecule has 3 aromatic rings. The summed E-state index contributed by atoms with van der Waals surface area (Å²) in [5.74, 6) is 0.177.